The number of fused-ring (bicyclic) bond motifs is 1. The summed E-state index contributed by atoms with van der Waals surface area (Å²) in [6.07, 6.45) is 2.04. The average molecular weight is 337 g/mol. The van der Waals surface area contributed by atoms with E-state index in [2.05, 4.69) is 30.1 Å². The van der Waals surface area contributed by atoms with Crippen LogP contribution in [0.4, 0.5) is 0 Å². The summed E-state index contributed by atoms with van der Waals surface area (Å²) in [6, 6.07) is 7.72. The smallest absolute Gasteiger partial charge is 0.339 e. The molecule has 0 bridgehead atoms. The summed E-state index contributed by atoms with van der Waals surface area (Å²) in [5.74, 6) is -0.586. The predicted octanol–water partition coefficient (Wildman–Crippen LogP) is 3.01. The molecule has 0 aliphatic rings. The quantitative estimate of drug-likeness (QED) is 0.772. The van der Waals surface area contributed by atoms with Crippen molar-refractivity contribution in [1.82, 2.24) is 19.6 Å². The highest BCUT2D eigenvalue weighted by Crippen LogP contribution is 2.23. The van der Waals surface area contributed by atoms with Gasteiger partial charge in [0.1, 0.15) is 11.6 Å². The molecule has 3 rings (SSSR count). The lowest BCUT2D eigenvalue weighted by Gasteiger charge is -2.07. The molecule has 0 spiro atoms. The lowest BCUT2D eigenvalue weighted by atomic mass is 10.2. The molecule has 1 aromatic carbocycles. The van der Waals surface area contributed by atoms with E-state index in [-0.39, 0.29) is 5.56 Å². The minimum Gasteiger partial charge on any atom is -0.478 e. The molecule has 25 heavy (non-hydrogen) atoms. The van der Waals surface area contributed by atoms with Crippen LogP contribution in [-0.4, -0.2) is 30.6 Å². The Labute approximate surface area is 145 Å². The largest absolute Gasteiger partial charge is 0.478 e. The second-order valence-corrected chi connectivity index (χ2v) is 6.33. The van der Waals surface area contributed by atoms with Crippen molar-refractivity contribution < 1.29 is 9.90 Å². The van der Waals surface area contributed by atoms with E-state index in [1.54, 1.807) is 4.68 Å². The van der Waals surface area contributed by atoms with Crippen molar-refractivity contribution in [2.75, 3.05) is 0 Å². The zero-order valence-electron chi connectivity index (χ0n) is 14.4. The van der Waals surface area contributed by atoms with Crippen LogP contribution in [0, 0.1) is 17.2 Å². The van der Waals surface area contributed by atoms with Gasteiger partial charge in [0.25, 0.3) is 0 Å². The molecule has 0 aliphatic heterocycles. The van der Waals surface area contributed by atoms with Crippen molar-refractivity contribution in [2.24, 2.45) is 5.92 Å². The molecule has 0 aliphatic carbocycles. The van der Waals surface area contributed by atoms with Crippen LogP contribution >= 0.6 is 0 Å². The third-order valence-corrected chi connectivity index (χ3v) is 4.00. The fourth-order valence-electron chi connectivity index (χ4n) is 2.86. The molecule has 128 valence electrons. The topological polar surface area (TPSA) is 96.7 Å². The van der Waals surface area contributed by atoms with Crippen LogP contribution in [-0.2, 0) is 13.0 Å². The number of carboxylic acids is 1. The number of aromatic carboxylic acids is 1. The fourth-order valence-corrected chi connectivity index (χ4v) is 2.86. The van der Waals surface area contributed by atoms with Gasteiger partial charge in [-0.15, -0.1) is 0 Å². The van der Waals surface area contributed by atoms with E-state index >= 15 is 0 Å². The normalized spacial score (nSPS) is 11.2. The summed E-state index contributed by atoms with van der Waals surface area (Å²) in [5.41, 5.74) is 2.67. The molecule has 0 unspecified atom stereocenters. The van der Waals surface area contributed by atoms with E-state index in [0.717, 1.165) is 17.4 Å². The minimum atomic E-state index is -0.994. The second kappa shape index (κ2) is 6.40. The SMILES string of the molecule is CCc1nn(-c2ccc3c(c2)c(C#N)nn3CC(C)C)cc1C(=O)O. The van der Waals surface area contributed by atoms with Crippen molar-refractivity contribution in [3.8, 4) is 11.8 Å². The zero-order valence-corrected chi connectivity index (χ0v) is 14.4. The van der Waals surface area contributed by atoms with Gasteiger partial charge >= 0.3 is 5.97 Å². The molecule has 3 aromatic rings. The van der Waals surface area contributed by atoms with Crippen molar-refractivity contribution in [2.45, 2.75) is 33.7 Å². The van der Waals surface area contributed by atoms with E-state index in [0.29, 0.717) is 29.4 Å². The fraction of sp³-hybridized carbons (Fsp3) is 0.333. The van der Waals surface area contributed by atoms with E-state index in [1.165, 1.54) is 6.20 Å². The standard InChI is InChI=1S/C18H19N5O2/c1-4-15-14(18(24)25)10-22(20-15)12-5-6-17-13(7-12)16(8-19)21-23(17)9-11(2)3/h5-7,10-11H,4,9H2,1-3H3,(H,24,25). The predicted molar refractivity (Wildman–Crippen MR) is 92.7 cm³/mol. The lowest BCUT2D eigenvalue weighted by molar-refractivity contribution is 0.0695. The van der Waals surface area contributed by atoms with E-state index in [9.17, 15) is 15.2 Å². The molecular formula is C18H19N5O2. The number of carbonyl (C=O) groups is 1. The molecule has 7 nitrogen and oxygen atoms in total. The molecule has 1 N–H and O–H groups in total. The number of nitriles is 1. The molecule has 2 heterocycles. The van der Waals surface area contributed by atoms with Crippen LogP contribution in [0.1, 0.15) is 42.5 Å². The third kappa shape index (κ3) is 2.98. The Hall–Kier alpha value is -3.14. The number of benzene rings is 1. The van der Waals surface area contributed by atoms with Crippen molar-refractivity contribution >= 4 is 16.9 Å². The van der Waals surface area contributed by atoms with E-state index in [1.807, 2.05) is 29.8 Å². The maximum absolute atomic E-state index is 11.3. The Bertz CT molecular complexity index is 991. The number of carboxylic acid groups (broad SMARTS) is 1. The van der Waals surface area contributed by atoms with Crippen molar-refractivity contribution in [3.63, 3.8) is 0 Å². The molecule has 0 atom stereocenters. The molecular weight excluding hydrogens is 318 g/mol. The van der Waals surface area contributed by atoms with Gasteiger partial charge in [-0.3, -0.25) is 4.68 Å². The van der Waals surface area contributed by atoms with Gasteiger partial charge in [0.05, 0.1) is 16.9 Å². The van der Waals surface area contributed by atoms with Gasteiger partial charge in [-0.1, -0.05) is 20.8 Å². The van der Waals surface area contributed by atoms with Crippen LogP contribution in [0.25, 0.3) is 16.6 Å². The first-order chi connectivity index (χ1) is 11.9. The molecule has 0 radical (unpaired) electrons. The summed E-state index contributed by atoms with van der Waals surface area (Å²) in [7, 11) is 0. The number of aryl methyl sites for hydroxylation is 1. The Morgan fingerprint density at radius 3 is 2.68 bits per heavy atom. The summed E-state index contributed by atoms with van der Waals surface area (Å²) in [4.78, 5) is 11.3. The molecule has 0 amide bonds. The molecule has 2 aromatic heterocycles. The molecule has 7 heteroatoms. The molecule has 0 saturated heterocycles. The van der Waals surface area contributed by atoms with E-state index in [4.69, 9.17) is 0 Å². The van der Waals surface area contributed by atoms with Gasteiger partial charge in [0, 0.05) is 18.1 Å². The van der Waals surface area contributed by atoms with Gasteiger partial charge < -0.3 is 5.11 Å². The van der Waals surface area contributed by atoms with Crippen LogP contribution in [0.3, 0.4) is 0 Å². The molecule has 0 fully saturated rings. The maximum atomic E-state index is 11.3. The van der Waals surface area contributed by atoms with Gasteiger partial charge in [-0.25, -0.2) is 9.48 Å². The van der Waals surface area contributed by atoms with Crippen LogP contribution in [0.15, 0.2) is 24.4 Å². The van der Waals surface area contributed by atoms with Crippen LogP contribution < -0.4 is 0 Å². The van der Waals surface area contributed by atoms with Gasteiger partial charge in [0.15, 0.2) is 5.69 Å². The Balaban J connectivity index is 2.13. The Morgan fingerprint density at radius 2 is 2.12 bits per heavy atom. The van der Waals surface area contributed by atoms with Gasteiger partial charge in [-0.2, -0.15) is 15.5 Å². The van der Waals surface area contributed by atoms with Gasteiger partial charge in [0.2, 0.25) is 0 Å². The van der Waals surface area contributed by atoms with Crippen molar-refractivity contribution in [1.29, 1.82) is 5.26 Å². The highest BCUT2D eigenvalue weighted by molar-refractivity contribution is 5.89. The zero-order chi connectivity index (χ0) is 18.1. The highest BCUT2D eigenvalue weighted by Gasteiger charge is 2.16. The first-order valence-corrected chi connectivity index (χ1v) is 8.17. The Kier molecular flexibility index (Phi) is 4.28. The van der Waals surface area contributed by atoms with Crippen LogP contribution in [0.2, 0.25) is 0 Å². The lowest BCUT2D eigenvalue weighted by Crippen LogP contribution is -2.06. The van der Waals surface area contributed by atoms with Crippen molar-refractivity contribution in [3.05, 3.63) is 41.3 Å². The highest BCUT2D eigenvalue weighted by atomic mass is 16.4. The first-order valence-electron chi connectivity index (χ1n) is 8.17. The number of aromatic nitrogens is 4. The monoisotopic (exact) mass is 337 g/mol. The van der Waals surface area contributed by atoms with Crippen LogP contribution in [0.5, 0.6) is 0 Å². The minimum absolute atomic E-state index is 0.193. The van der Waals surface area contributed by atoms with E-state index < -0.39 is 5.97 Å². The Morgan fingerprint density at radius 1 is 1.36 bits per heavy atom. The third-order valence-electron chi connectivity index (χ3n) is 4.00. The maximum Gasteiger partial charge on any atom is 0.339 e. The first kappa shape index (κ1) is 16.7. The number of hydrogen-bond donors (Lipinski definition) is 1. The molecule has 0 saturated carbocycles. The second-order valence-electron chi connectivity index (χ2n) is 6.33. The average Bonchev–Trinajstić information content (AvgIpc) is 3.15. The summed E-state index contributed by atoms with van der Waals surface area (Å²) in [6.45, 7) is 6.78. The number of hydrogen-bond acceptors (Lipinski definition) is 4. The summed E-state index contributed by atoms with van der Waals surface area (Å²) >= 11 is 0. The van der Waals surface area contributed by atoms with Gasteiger partial charge in [-0.05, 0) is 30.5 Å². The number of rotatable bonds is 5. The summed E-state index contributed by atoms with van der Waals surface area (Å²) < 4.78 is 3.38. The summed E-state index contributed by atoms with van der Waals surface area (Å²) in [5, 5.41) is 28.2. The number of nitrogens with zero attached hydrogens (tertiary/aromatic N) is 5.